The van der Waals surface area contributed by atoms with Crippen LogP contribution in [0.5, 0.6) is 0 Å². The molecular weight excluding hydrogens is 1250 g/mol. The van der Waals surface area contributed by atoms with Crippen LogP contribution in [0, 0.1) is 23.7 Å². The van der Waals surface area contributed by atoms with Crippen molar-refractivity contribution in [2.75, 3.05) is 39.6 Å². The second kappa shape index (κ2) is 65.4. The fourth-order valence-electron chi connectivity index (χ4n) is 11.5. The lowest BCUT2D eigenvalue weighted by Crippen LogP contribution is -2.30. The number of esters is 4. The van der Waals surface area contributed by atoms with Crippen LogP contribution < -0.4 is 0 Å². The summed E-state index contributed by atoms with van der Waals surface area (Å²) in [5, 5.41) is 10.6. The van der Waals surface area contributed by atoms with Crippen LogP contribution in [0.25, 0.3) is 0 Å². The van der Waals surface area contributed by atoms with Crippen LogP contribution in [0.2, 0.25) is 0 Å². The summed E-state index contributed by atoms with van der Waals surface area (Å²) in [6, 6.07) is 0. The van der Waals surface area contributed by atoms with Crippen LogP contribution in [0.4, 0.5) is 0 Å². The predicted molar refractivity (Wildman–Crippen MR) is 386 cm³/mol. The number of hydrogen-bond donors (Lipinski definition) is 3. The molecule has 0 aromatic carbocycles. The first kappa shape index (κ1) is 93.1. The van der Waals surface area contributed by atoms with E-state index in [1.165, 1.54) is 180 Å². The second-order valence-electron chi connectivity index (χ2n) is 29.1. The highest BCUT2D eigenvalue weighted by atomic mass is 31.2. The molecule has 0 heterocycles. The van der Waals surface area contributed by atoms with Crippen molar-refractivity contribution in [2.24, 2.45) is 23.7 Å². The number of ether oxygens (including phenoxy) is 4. The van der Waals surface area contributed by atoms with Gasteiger partial charge in [0, 0.05) is 25.7 Å². The van der Waals surface area contributed by atoms with Crippen LogP contribution in [0.3, 0.4) is 0 Å². The van der Waals surface area contributed by atoms with E-state index in [0.717, 1.165) is 114 Å². The lowest BCUT2D eigenvalue weighted by atomic mass is 9.99. The highest BCUT2D eigenvalue weighted by molar-refractivity contribution is 7.47. The third-order valence-corrected chi connectivity index (χ3v) is 19.8. The SMILES string of the molecule is CCC(C)CCCCCCCCCCC(=O)O[C@H](COC(=O)CCCCCCCCC(C)C)COP(=O)(O)OC[C@H](O)COP(=O)(O)OC[C@@H](COC(=O)CCCCCCCCCCCCCCCCC(C)C)OC(=O)CCCCCCCCCCCCCCCCC(C)C. The third-order valence-electron chi connectivity index (χ3n) is 17.9. The number of aliphatic hydroxyl groups excluding tert-OH is 1. The Balaban J connectivity index is 5.24. The summed E-state index contributed by atoms with van der Waals surface area (Å²) < 4.78 is 68.5. The van der Waals surface area contributed by atoms with E-state index in [0.29, 0.717) is 31.6 Å². The molecule has 0 amide bonds. The molecule has 19 heteroatoms. The molecule has 0 spiro atoms. The largest absolute Gasteiger partial charge is 0.472 e. The fourth-order valence-corrected chi connectivity index (χ4v) is 13.1. The molecule has 3 N–H and O–H groups in total. The highest BCUT2D eigenvalue weighted by Crippen LogP contribution is 2.45. The summed E-state index contributed by atoms with van der Waals surface area (Å²) >= 11 is 0. The topological polar surface area (TPSA) is 237 Å². The zero-order valence-electron chi connectivity index (χ0n) is 62.3. The van der Waals surface area contributed by atoms with Gasteiger partial charge in [0.1, 0.15) is 19.3 Å². The van der Waals surface area contributed by atoms with Gasteiger partial charge in [-0.05, 0) is 49.4 Å². The average Bonchev–Trinajstić information content (AvgIpc) is 1.36. The van der Waals surface area contributed by atoms with Crippen molar-refractivity contribution in [1.82, 2.24) is 0 Å². The second-order valence-corrected chi connectivity index (χ2v) is 32.0. The summed E-state index contributed by atoms with van der Waals surface area (Å²) in [6.07, 6.45) is 50.1. The predicted octanol–water partition coefficient (Wildman–Crippen LogP) is 22.0. The average molecular weight is 1400 g/mol. The molecule has 0 aliphatic carbocycles. The van der Waals surface area contributed by atoms with E-state index in [1.807, 2.05) is 0 Å². The quantitative estimate of drug-likeness (QED) is 0.0222. The van der Waals surface area contributed by atoms with Gasteiger partial charge in [-0.15, -0.1) is 0 Å². The number of phosphoric acid groups is 2. The van der Waals surface area contributed by atoms with E-state index in [1.54, 1.807) is 0 Å². The van der Waals surface area contributed by atoms with Crippen molar-refractivity contribution < 1.29 is 80.2 Å². The maximum Gasteiger partial charge on any atom is 0.472 e. The number of hydrogen-bond acceptors (Lipinski definition) is 15. The molecule has 0 radical (unpaired) electrons. The number of aliphatic hydroxyl groups is 1. The van der Waals surface area contributed by atoms with Gasteiger partial charge < -0.3 is 33.8 Å². The maximum atomic E-state index is 13.1. The monoisotopic (exact) mass is 1400 g/mol. The standard InChI is InChI=1S/C76H148O17P2/c1-9-69(8)55-47-39-30-26-27-33-43-51-59-76(81)93-72(63-87-74(79)57-49-41-35-34-38-46-54-68(6)7)65-91-95(84,85)89-61-70(77)60-88-94(82,83)90-64-71(92-75(80)58-50-42-32-25-21-17-13-11-15-19-23-29-37-45-53-67(4)5)62-86-73(78)56-48-40-31-24-20-16-12-10-14-18-22-28-36-44-52-66(2)3/h66-72,77H,9-65H2,1-8H3,(H,82,83)(H,84,85)/t69?,70-,71-,72-/m1/s1. The fraction of sp³-hybridized carbons (Fsp3) is 0.947. The van der Waals surface area contributed by atoms with Crippen LogP contribution >= 0.6 is 15.6 Å². The molecule has 6 atom stereocenters. The first-order chi connectivity index (χ1) is 45.6. The first-order valence-corrected chi connectivity index (χ1v) is 42.2. The van der Waals surface area contributed by atoms with Gasteiger partial charge in [0.2, 0.25) is 0 Å². The molecule has 0 aliphatic heterocycles. The van der Waals surface area contributed by atoms with Gasteiger partial charge in [-0.25, -0.2) is 9.13 Å². The molecule has 564 valence electrons. The minimum atomic E-state index is -4.96. The van der Waals surface area contributed by atoms with E-state index in [4.69, 9.17) is 37.0 Å². The highest BCUT2D eigenvalue weighted by Gasteiger charge is 2.30. The minimum absolute atomic E-state index is 0.104. The van der Waals surface area contributed by atoms with Crippen molar-refractivity contribution >= 4 is 39.5 Å². The number of rotatable bonds is 73. The lowest BCUT2D eigenvalue weighted by Gasteiger charge is -2.21. The summed E-state index contributed by atoms with van der Waals surface area (Å²) in [5.41, 5.74) is 0. The molecule has 0 rings (SSSR count). The zero-order valence-corrected chi connectivity index (χ0v) is 64.1. The lowest BCUT2D eigenvalue weighted by molar-refractivity contribution is -0.161. The third kappa shape index (κ3) is 69.0. The molecule has 95 heavy (non-hydrogen) atoms. The maximum absolute atomic E-state index is 13.1. The Kier molecular flexibility index (Phi) is 64.0. The van der Waals surface area contributed by atoms with Crippen molar-refractivity contribution in [3.05, 3.63) is 0 Å². The van der Waals surface area contributed by atoms with E-state index < -0.39 is 97.5 Å². The van der Waals surface area contributed by atoms with Crippen molar-refractivity contribution in [1.29, 1.82) is 0 Å². The summed E-state index contributed by atoms with van der Waals surface area (Å²) in [7, 11) is -9.91. The van der Waals surface area contributed by atoms with Gasteiger partial charge in [0.05, 0.1) is 26.4 Å². The molecule has 0 saturated heterocycles. The van der Waals surface area contributed by atoms with Crippen molar-refractivity contribution in [3.63, 3.8) is 0 Å². The zero-order chi connectivity index (χ0) is 70.3. The Labute approximate surface area is 581 Å². The molecule has 0 aliphatic rings. The van der Waals surface area contributed by atoms with Gasteiger partial charge in [-0.3, -0.25) is 37.3 Å². The van der Waals surface area contributed by atoms with Gasteiger partial charge in [-0.2, -0.15) is 0 Å². The van der Waals surface area contributed by atoms with E-state index in [-0.39, 0.29) is 25.7 Å². The minimum Gasteiger partial charge on any atom is -0.462 e. The Morgan fingerprint density at radius 1 is 0.295 bits per heavy atom. The Morgan fingerprint density at radius 2 is 0.505 bits per heavy atom. The number of phosphoric ester groups is 2. The summed E-state index contributed by atoms with van der Waals surface area (Å²) in [6.45, 7) is 14.2. The van der Waals surface area contributed by atoms with E-state index in [9.17, 15) is 43.2 Å². The Bertz CT molecular complexity index is 1870. The van der Waals surface area contributed by atoms with Gasteiger partial charge in [0.25, 0.3) is 0 Å². The molecule has 0 aromatic rings. The van der Waals surface area contributed by atoms with E-state index in [2.05, 4.69) is 55.4 Å². The summed E-state index contributed by atoms with van der Waals surface area (Å²) in [5.74, 6) is 0.920. The molecule has 0 aromatic heterocycles. The molecular formula is C76H148O17P2. The van der Waals surface area contributed by atoms with Crippen molar-refractivity contribution in [2.45, 2.75) is 401 Å². The Hall–Kier alpha value is -1.94. The van der Waals surface area contributed by atoms with Crippen LogP contribution in [-0.2, 0) is 65.4 Å². The van der Waals surface area contributed by atoms with Gasteiger partial charge in [0.15, 0.2) is 12.2 Å². The molecule has 17 nitrogen and oxygen atoms in total. The summed E-state index contributed by atoms with van der Waals surface area (Å²) in [4.78, 5) is 72.8. The molecule has 3 unspecified atom stereocenters. The number of carbonyl (C=O) groups excluding carboxylic acids is 4. The molecule has 0 bridgehead atoms. The Morgan fingerprint density at radius 3 is 0.747 bits per heavy atom. The number of unbranched alkanes of at least 4 members (excludes halogenated alkanes) is 38. The van der Waals surface area contributed by atoms with E-state index >= 15 is 0 Å². The first-order valence-electron chi connectivity index (χ1n) is 39.2. The van der Waals surface area contributed by atoms with Crippen LogP contribution in [-0.4, -0.2) is 96.7 Å². The molecule has 0 fully saturated rings. The van der Waals surface area contributed by atoms with Gasteiger partial charge in [-0.1, -0.05) is 331 Å². The van der Waals surface area contributed by atoms with Crippen LogP contribution in [0.1, 0.15) is 383 Å². The normalized spacial score (nSPS) is 14.4. The van der Waals surface area contributed by atoms with Crippen molar-refractivity contribution in [3.8, 4) is 0 Å². The number of carbonyl (C=O) groups is 4. The molecule has 0 saturated carbocycles. The smallest absolute Gasteiger partial charge is 0.462 e. The van der Waals surface area contributed by atoms with Gasteiger partial charge >= 0.3 is 39.5 Å². The van der Waals surface area contributed by atoms with Crippen LogP contribution in [0.15, 0.2) is 0 Å².